The molecule has 1 aromatic carbocycles. The lowest BCUT2D eigenvalue weighted by atomic mass is 10.2. The lowest BCUT2D eigenvalue weighted by molar-refractivity contribution is -0.0120. The van der Waals surface area contributed by atoms with Crippen molar-refractivity contribution in [3.05, 3.63) is 34.9 Å². The van der Waals surface area contributed by atoms with Crippen molar-refractivity contribution in [1.82, 2.24) is 0 Å². The summed E-state index contributed by atoms with van der Waals surface area (Å²) in [5.41, 5.74) is 6.63. The van der Waals surface area contributed by atoms with Gasteiger partial charge in [0, 0.05) is 18.2 Å². The third kappa shape index (κ3) is 4.94. The van der Waals surface area contributed by atoms with Crippen molar-refractivity contribution in [1.29, 1.82) is 0 Å². The first kappa shape index (κ1) is 13.5. The first-order valence-corrected chi connectivity index (χ1v) is 5.78. The fourth-order valence-corrected chi connectivity index (χ4v) is 1.43. The Morgan fingerprint density at radius 3 is 2.56 bits per heavy atom. The quantitative estimate of drug-likeness (QED) is 0.799. The van der Waals surface area contributed by atoms with Crippen molar-refractivity contribution in [2.75, 3.05) is 19.8 Å². The lowest BCUT2D eigenvalue weighted by Gasteiger charge is -2.14. The molecule has 0 bridgehead atoms. The van der Waals surface area contributed by atoms with Crippen LogP contribution in [0.5, 0.6) is 0 Å². The normalized spacial score (nSPS) is 12.7. The zero-order chi connectivity index (χ0) is 11.8. The first-order valence-electron chi connectivity index (χ1n) is 5.40. The minimum absolute atomic E-state index is 0.0164. The van der Waals surface area contributed by atoms with Crippen LogP contribution in [0.15, 0.2) is 24.3 Å². The predicted octanol–water partition coefficient (Wildman–Crippen LogP) is 2.22. The summed E-state index contributed by atoms with van der Waals surface area (Å²) in [7, 11) is 0. The van der Waals surface area contributed by atoms with Gasteiger partial charge in [-0.1, -0.05) is 23.7 Å². The Balaban J connectivity index is 2.26. The maximum absolute atomic E-state index is 5.78. The van der Waals surface area contributed by atoms with E-state index in [0.29, 0.717) is 26.4 Å². The van der Waals surface area contributed by atoms with Gasteiger partial charge in [-0.15, -0.1) is 0 Å². The molecule has 2 N–H and O–H groups in total. The molecule has 0 spiro atoms. The van der Waals surface area contributed by atoms with Gasteiger partial charge >= 0.3 is 0 Å². The predicted molar refractivity (Wildman–Crippen MR) is 65.6 cm³/mol. The molecule has 0 aliphatic rings. The Kier molecular flexibility index (Phi) is 6.42. The SMILES string of the molecule is CCOC(CN)COCc1ccc(Cl)cc1. The minimum Gasteiger partial charge on any atom is -0.375 e. The number of rotatable bonds is 7. The fourth-order valence-electron chi connectivity index (χ4n) is 1.31. The molecule has 0 amide bonds. The Labute approximate surface area is 101 Å². The number of ether oxygens (including phenoxy) is 2. The molecule has 0 heterocycles. The molecule has 0 saturated heterocycles. The number of hydrogen-bond acceptors (Lipinski definition) is 3. The smallest absolute Gasteiger partial charge is 0.0930 e. The van der Waals surface area contributed by atoms with Crippen LogP contribution in [0.25, 0.3) is 0 Å². The van der Waals surface area contributed by atoms with E-state index in [0.717, 1.165) is 10.6 Å². The van der Waals surface area contributed by atoms with Crippen molar-refractivity contribution >= 4 is 11.6 Å². The molecule has 1 aromatic rings. The summed E-state index contributed by atoms with van der Waals surface area (Å²) in [5.74, 6) is 0. The van der Waals surface area contributed by atoms with E-state index < -0.39 is 0 Å². The summed E-state index contributed by atoms with van der Waals surface area (Å²) in [5, 5.41) is 0.734. The molecule has 0 aromatic heterocycles. The van der Waals surface area contributed by atoms with Crippen LogP contribution >= 0.6 is 11.6 Å². The molecule has 1 unspecified atom stereocenters. The standard InChI is InChI=1S/C12H18ClNO2/c1-2-16-12(7-14)9-15-8-10-3-5-11(13)6-4-10/h3-6,12H,2,7-9,14H2,1H3. The van der Waals surface area contributed by atoms with E-state index in [1.807, 2.05) is 31.2 Å². The average molecular weight is 244 g/mol. The molecule has 0 fully saturated rings. The second-order valence-corrected chi connectivity index (χ2v) is 3.89. The highest BCUT2D eigenvalue weighted by Crippen LogP contribution is 2.10. The Morgan fingerprint density at radius 2 is 2.00 bits per heavy atom. The highest BCUT2D eigenvalue weighted by molar-refractivity contribution is 6.30. The van der Waals surface area contributed by atoms with E-state index in [9.17, 15) is 0 Å². The van der Waals surface area contributed by atoms with Crippen molar-refractivity contribution in [3.63, 3.8) is 0 Å². The van der Waals surface area contributed by atoms with Crippen LogP contribution in [0.3, 0.4) is 0 Å². The average Bonchev–Trinajstić information content (AvgIpc) is 2.30. The number of nitrogens with two attached hydrogens (primary N) is 1. The van der Waals surface area contributed by atoms with Gasteiger partial charge in [0.2, 0.25) is 0 Å². The molecule has 1 rings (SSSR count). The first-order chi connectivity index (χ1) is 7.76. The van der Waals surface area contributed by atoms with Gasteiger partial charge in [-0.25, -0.2) is 0 Å². The highest BCUT2D eigenvalue weighted by atomic mass is 35.5. The van der Waals surface area contributed by atoms with Crippen molar-refractivity contribution in [2.24, 2.45) is 5.73 Å². The van der Waals surface area contributed by atoms with E-state index >= 15 is 0 Å². The second kappa shape index (κ2) is 7.63. The van der Waals surface area contributed by atoms with Crippen LogP contribution in [-0.2, 0) is 16.1 Å². The molecule has 3 nitrogen and oxygen atoms in total. The van der Waals surface area contributed by atoms with Crippen LogP contribution in [0.2, 0.25) is 5.02 Å². The molecule has 90 valence electrons. The topological polar surface area (TPSA) is 44.5 Å². The highest BCUT2D eigenvalue weighted by Gasteiger charge is 2.05. The second-order valence-electron chi connectivity index (χ2n) is 3.45. The van der Waals surface area contributed by atoms with Gasteiger partial charge in [0.05, 0.1) is 19.3 Å². The molecule has 0 aliphatic carbocycles. The van der Waals surface area contributed by atoms with Gasteiger partial charge in [0.15, 0.2) is 0 Å². The molecular formula is C12H18ClNO2. The van der Waals surface area contributed by atoms with Gasteiger partial charge in [-0.05, 0) is 24.6 Å². The summed E-state index contributed by atoms with van der Waals surface area (Å²) in [4.78, 5) is 0. The number of halogens is 1. The van der Waals surface area contributed by atoms with Gasteiger partial charge in [-0.2, -0.15) is 0 Å². The maximum atomic E-state index is 5.78. The van der Waals surface area contributed by atoms with Gasteiger partial charge in [-0.3, -0.25) is 0 Å². The minimum atomic E-state index is -0.0164. The third-order valence-corrected chi connectivity index (χ3v) is 2.40. The Bertz CT molecular complexity index is 290. The van der Waals surface area contributed by atoms with E-state index in [1.54, 1.807) is 0 Å². The van der Waals surface area contributed by atoms with Crippen molar-refractivity contribution < 1.29 is 9.47 Å². The zero-order valence-electron chi connectivity index (χ0n) is 9.49. The molecule has 1 atom stereocenters. The molecule has 0 aliphatic heterocycles. The number of benzene rings is 1. The van der Waals surface area contributed by atoms with Crippen LogP contribution in [-0.4, -0.2) is 25.9 Å². The number of hydrogen-bond donors (Lipinski definition) is 1. The van der Waals surface area contributed by atoms with E-state index in [4.69, 9.17) is 26.8 Å². The summed E-state index contributed by atoms with van der Waals surface area (Å²) < 4.78 is 10.9. The largest absolute Gasteiger partial charge is 0.375 e. The van der Waals surface area contributed by atoms with Crippen LogP contribution in [0.4, 0.5) is 0 Å². The fraction of sp³-hybridized carbons (Fsp3) is 0.500. The van der Waals surface area contributed by atoms with E-state index in [2.05, 4.69) is 0 Å². The van der Waals surface area contributed by atoms with Crippen molar-refractivity contribution in [3.8, 4) is 0 Å². The molecule has 16 heavy (non-hydrogen) atoms. The monoisotopic (exact) mass is 243 g/mol. The van der Waals surface area contributed by atoms with Crippen molar-refractivity contribution in [2.45, 2.75) is 19.6 Å². The summed E-state index contributed by atoms with van der Waals surface area (Å²) >= 11 is 5.78. The van der Waals surface area contributed by atoms with Crippen LogP contribution in [0.1, 0.15) is 12.5 Å². The van der Waals surface area contributed by atoms with Gasteiger partial charge in [0.1, 0.15) is 0 Å². The zero-order valence-corrected chi connectivity index (χ0v) is 10.2. The Hall–Kier alpha value is -0.610. The summed E-state index contributed by atoms with van der Waals surface area (Å²) in [6.45, 7) is 4.16. The van der Waals surface area contributed by atoms with E-state index in [1.165, 1.54) is 0 Å². The third-order valence-electron chi connectivity index (χ3n) is 2.15. The van der Waals surface area contributed by atoms with Crippen LogP contribution < -0.4 is 5.73 Å². The Morgan fingerprint density at radius 1 is 1.31 bits per heavy atom. The molecule has 4 heteroatoms. The summed E-state index contributed by atoms with van der Waals surface area (Å²) in [6.07, 6.45) is -0.0164. The molecule has 0 radical (unpaired) electrons. The van der Waals surface area contributed by atoms with Crippen LogP contribution in [0, 0.1) is 0 Å². The molecule has 0 saturated carbocycles. The molecular weight excluding hydrogens is 226 g/mol. The van der Waals surface area contributed by atoms with Gasteiger partial charge < -0.3 is 15.2 Å². The van der Waals surface area contributed by atoms with Gasteiger partial charge in [0.25, 0.3) is 0 Å². The maximum Gasteiger partial charge on any atom is 0.0930 e. The lowest BCUT2D eigenvalue weighted by Crippen LogP contribution is -2.28. The van der Waals surface area contributed by atoms with E-state index in [-0.39, 0.29) is 6.10 Å². The summed E-state index contributed by atoms with van der Waals surface area (Å²) in [6, 6.07) is 7.59.